The molecule has 5 aromatic carbocycles. The quantitative estimate of drug-likeness (QED) is 0.228. The number of nitrogens with zero attached hydrogens (tertiary/aromatic N) is 1. The lowest BCUT2D eigenvalue weighted by atomic mass is 9.81. The van der Waals surface area contributed by atoms with E-state index in [4.69, 9.17) is 9.40 Å². The van der Waals surface area contributed by atoms with E-state index in [-0.39, 0.29) is 5.41 Å². The molecule has 0 aliphatic heterocycles. The Labute approximate surface area is 208 Å². The van der Waals surface area contributed by atoms with Crippen LogP contribution in [0.1, 0.15) is 25.0 Å². The first-order valence-corrected chi connectivity index (χ1v) is 12.5. The van der Waals surface area contributed by atoms with Crippen LogP contribution in [0.2, 0.25) is 0 Å². The van der Waals surface area contributed by atoms with Gasteiger partial charge < -0.3 is 4.42 Å². The standard InChI is InChI=1S/C34H23NO/c1-34(2)27-15-9-14-26(32-23-13-4-3-10-20(23)21-11-5-7-16-28(21)35-32)30(27)25-19-18-24-22-12-6-8-17-29(22)36-33(24)31(25)34/h3-19H,1-2H3. The van der Waals surface area contributed by atoms with Crippen molar-refractivity contribution in [1.82, 2.24) is 4.98 Å². The van der Waals surface area contributed by atoms with Crippen LogP contribution < -0.4 is 0 Å². The Morgan fingerprint density at radius 1 is 0.583 bits per heavy atom. The molecule has 2 heterocycles. The minimum Gasteiger partial charge on any atom is -0.456 e. The first-order chi connectivity index (χ1) is 17.6. The molecule has 0 spiro atoms. The van der Waals surface area contributed by atoms with Gasteiger partial charge in [-0.3, -0.25) is 0 Å². The smallest absolute Gasteiger partial charge is 0.140 e. The molecular weight excluding hydrogens is 438 g/mol. The minimum absolute atomic E-state index is 0.194. The highest BCUT2D eigenvalue weighted by Gasteiger charge is 2.40. The van der Waals surface area contributed by atoms with E-state index in [1.807, 2.05) is 6.07 Å². The van der Waals surface area contributed by atoms with Gasteiger partial charge in [-0.2, -0.15) is 0 Å². The van der Waals surface area contributed by atoms with Crippen molar-refractivity contribution in [2.45, 2.75) is 19.3 Å². The Hall–Kier alpha value is -4.43. The Bertz CT molecular complexity index is 2030. The number of aromatic nitrogens is 1. The minimum atomic E-state index is -0.194. The van der Waals surface area contributed by atoms with Gasteiger partial charge in [0.25, 0.3) is 0 Å². The zero-order valence-corrected chi connectivity index (χ0v) is 20.2. The molecule has 0 atom stereocenters. The fourth-order valence-corrected chi connectivity index (χ4v) is 6.42. The third-order valence-electron chi connectivity index (χ3n) is 8.04. The second kappa shape index (κ2) is 6.83. The summed E-state index contributed by atoms with van der Waals surface area (Å²) in [7, 11) is 0. The molecule has 7 aromatic rings. The second-order valence-electron chi connectivity index (χ2n) is 10.3. The van der Waals surface area contributed by atoms with Crippen LogP contribution in [0.25, 0.3) is 66.0 Å². The number of para-hydroxylation sites is 2. The predicted molar refractivity (Wildman–Crippen MR) is 150 cm³/mol. The molecule has 0 fully saturated rings. The normalized spacial score (nSPS) is 14.1. The van der Waals surface area contributed by atoms with Crippen molar-refractivity contribution in [2.24, 2.45) is 0 Å². The third-order valence-corrected chi connectivity index (χ3v) is 8.04. The number of benzene rings is 5. The van der Waals surface area contributed by atoms with E-state index in [1.54, 1.807) is 0 Å². The molecule has 1 aliphatic carbocycles. The second-order valence-corrected chi connectivity index (χ2v) is 10.3. The average molecular weight is 462 g/mol. The van der Waals surface area contributed by atoms with Crippen LogP contribution in [0.5, 0.6) is 0 Å². The van der Waals surface area contributed by atoms with E-state index in [0.29, 0.717) is 0 Å². The summed E-state index contributed by atoms with van der Waals surface area (Å²) >= 11 is 0. The van der Waals surface area contributed by atoms with Crippen LogP contribution in [0, 0.1) is 0 Å². The highest BCUT2D eigenvalue weighted by molar-refractivity contribution is 6.14. The van der Waals surface area contributed by atoms with Crippen molar-refractivity contribution < 1.29 is 4.42 Å². The van der Waals surface area contributed by atoms with Gasteiger partial charge in [-0.05, 0) is 40.3 Å². The van der Waals surface area contributed by atoms with E-state index in [1.165, 1.54) is 54.7 Å². The van der Waals surface area contributed by atoms with Gasteiger partial charge in [-0.25, -0.2) is 4.98 Å². The summed E-state index contributed by atoms with van der Waals surface area (Å²) in [6.07, 6.45) is 0. The lowest BCUT2D eigenvalue weighted by Crippen LogP contribution is -2.15. The summed E-state index contributed by atoms with van der Waals surface area (Å²) in [4.78, 5) is 5.25. The first kappa shape index (κ1) is 19.8. The molecule has 0 saturated carbocycles. The SMILES string of the molecule is CC1(C)c2cccc(-c3nc4ccccc4c4ccccc34)c2-c2ccc3c(oc4ccccc43)c21. The van der Waals surface area contributed by atoms with E-state index in [9.17, 15) is 0 Å². The molecule has 36 heavy (non-hydrogen) atoms. The van der Waals surface area contributed by atoms with E-state index in [2.05, 4.69) is 111 Å². The van der Waals surface area contributed by atoms with Gasteiger partial charge in [-0.15, -0.1) is 0 Å². The van der Waals surface area contributed by atoms with Crippen LogP contribution in [0.15, 0.2) is 108 Å². The van der Waals surface area contributed by atoms with Gasteiger partial charge in [0.05, 0.1) is 11.2 Å². The van der Waals surface area contributed by atoms with Gasteiger partial charge in [-0.1, -0.05) is 98.8 Å². The molecule has 0 amide bonds. The Morgan fingerprint density at radius 2 is 1.31 bits per heavy atom. The van der Waals surface area contributed by atoms with Gasteiger partial charge in [0, 0.05) is 38.1 Å². The van der Waals surface area contributed by atoms with Crippen molar-refractivity contribution in [3.8, 4) is 22.4 Å². The van der Waals surface area contributed by atoms with Gasteiger partial charge in [0.15, 0.2) is 0 Å². The van der Waals surface area contributed by atoms with Crippen molar-refractivity contribution in [1.29, 1.82) is 0 Å². The van der Waals surface area contributed by atoms with Crippen LogP contribution in [-0.4, -0.2) is 4.98 Å². The van der Waals surface area contributed by atoms with Crippen molar-refractivity contribution in [3.05, 3.63) is 114 Å². The fraction of sp³-hybridized carbons (Fsp3) is 0.0882. The zero-order valence-electron chi connectivity index (χ0n) is 20.2. The van der Waals surface area contributed by atoms with Crippen molar-refractivity contribution in [2.75, 3.05) is 0 Å². The van der Waals surface area contributed by atoms with Crippen molar-refractivity contribution in [3.63, 3.8) is 0 Å². The lowest BCUT2D eigenvalue weighted by Gasteiger charge is -2.22. The molecular formula is C34H23NO. The number of furan rings is 1. The van der Waals surface area contributed by atoms with Gasteiger partial charge >= 0.3 is 0 Å². The van der Waals surface area contributed by atoms with E-state index >= 15 is 0 Å². The fourth-order valence-electron chi connectivity index (χ4n) is 6.42. The third kappa shape index (κ3) is 2.43. The van der Waals surface area contributed by atoms with Gasteiger partial charge in [0.2, 0.25) is 0 Å². The first-order valence-electron chi connectivity index (χ1n) is 12.5. The number of hydrogen-bond acceptors (Lipinski definition) is 2. The summed E-state index contributed by atoms with van der Waals surface area (Å²) in [5.41, 5.74) is 10.1. The summed E-state index contributed by atoms with van der Waals surface area (Å²) in [6.45, 7) is 4.64. The average Bonchev–Trinajstić information content (AvgIpc) is 3.41. The molecule has 0 radical (unpaired) electrons. The Balaban J connectivity index is 1.50. The van der Waals surface area contributed by atoms with Gasteiger partial charge in [0.1, 0.15) is 11.2 Å². The lowest BCUT2D eigenvalue weighted by molar-refractivity contribution is 0.620. The van der Waals surface area contributed by atoms with Crippen LogP contribution in [-0.2, 0) is 5.41 Å². The maximum atomic E-state index is 6.52. The zero-order chi connectivity index (χ0) is 24.0. The molecule has 2 nitrogen and oxygen atoms in total. The van der Waals surface area contributed by atoms with Crippen LogP contribution >= 0.6 is 0 Å². The summed E-state index contributed by atoms with van der Waals surface area (Å²) in [5.74, 6) is 0. The summed E-state index contributed by atoms with van der Waals surface area (Å²) in [6, 6.07) is 36.6. The highest BCUT2D eigenvalue weighted by atomic mass is 16.3. The Kier molecular flexibility index (Phi) is 3.76. The predicted octanol–water partition coefficient (Wildman–Crippen LogP) is 9.26. The molecule has 2 heteroatoms. The van der Waals surface area contributed by atoms with Crippen molar-refractivity contribution >= 4 is 43.6 Å². The molecule has 0 bridgehead atoms. The maximum Gasteiger partial charge on any atom is 0.140 e. The highest BCUT2D eigenvalue weighted by Crippen LogP contribution is 2.55. The van der Waals surface area contributed by atoms with Crippen LogP contribution in [0.3, 0.4) is 0 Å². The molecule has 0 saturated heterocycles. The molecule has 170 valence electrons. The molecule has 0 N–H and O–H groups in total. The number of rotatable bonds is 1. The number of hydrogen-bond donors (Lipinski definition) is 0. The van der Waals surface area contributed by atoms with E-state index in [0.717, 1.165) is 22.4 Å². The molecule has 2 aromatic heterocycles. The summed E-state index contributed by atoms with van der Waals surface area (Å²) in [5, 5.41) is 5.96. The molecule has 8 rings (SSSR count). The Morgan fingerprint density at radius 3 is 2.17 bits per heavy atom. The monoisotopic (exact) mass is 461 g/mol. The maximum absolute atomic E-state index is 6.52. The number of fused-ring (bicyclic) bond motifs is 10. The number of pyridine rings is 1. The van der Waals surface area contributed by atoms with E-state index < -0.39 is 0 Å². The molecule has 1 aliphatic rings. The topological polar surface area (TPSA) is 26.0 Å². The van der Waals surface area contributed by atoms with Crippen LogP contribution in [0.4, 0.5) is 0 Å². The largest absolute Gasteiger partial charge is 0.456 e. The molecule has 0 unspecified atom stereocenters. The summed E-state index contributed by atoms with van der Waals surface area (Å²) < 4.78 is 6.52.